The molecule has 1 aliphatic carbocycles. The Kier molecular flexibility index (Phi) is 9.44. The number of likely N-dealkylation sites (N-methyl/N-ethyl adjacent to an activating group) is 2. The predicted octanol–water partition coefficient (Wildman–Crippen LogP) is 6.33. The molecule has 2 aromatic carbocycles. The largest absolute Gasteiger partial charge is 0.491 e. The number of para-hydroxylation sites is 2. The summed E-state index contributed by atoms with van der Waals surface area (Å²) in [7, 11) is 4.54. The van der Waals surface area contributed by atoms with E-state index in [1.165, 1.54) is 47.9 Å². The van der Waals surface area contributed by atoms with Gasteiger partial charge in [0, 0.05) is 24.2 Å². The average Bonchev–Trinajstić information content (AvgIpc) is 2.82. The highest BCUT2D eigenvalue weighted by Gasteiger charge is 2.30. The molecule has 1 fully saturated rings. The van der Waals surface area contributed by atoms with E-state index in [0.717, 1.165) is 24.7 Å². The quantitative estimate of drug-likeness (QED) is 0.408. The number of rotatable bonds is 10. The normalized spacial score (nSPS) is 20.4. The van der Waals surface area contributed by atoms with Crippen LogP contribution >= 0.6 is 0 Å². The molecule has 0 bridgehead atoms. The molecule has 0 N–H and O–H groups in total. The second kappa shape index (κ2) is 12.1. The molecule has 4 heteroatoms. The van der Waals surface area contributed by atoms with Gasteiger partial charge in [-0.1, -0.05) is 36.4 Å². The van der Waals surface area contributed by atoms with Crippen molar-refractivity contribution < 1.29 is 9.47 Å². The van der Waals surface area contributed by atoms with Crippen molar-refractivity contribution in [3.63, 3.8) is 0 Å². The summed E-state index contributed by atoms with van der Waals surface area (Å²) < 4.78 is 12.5. The van der Waals surface area contributed by atoms with Crippen LogP contribution < -0.4 is 9.47 Å². The van der Waals surface area contributed by atoms with Crippen molar-refractivity contribution in [3.05, 3.63) is 58.7 Å². The lowest BCUT2D eigenvalue weighted by molar-refractivity contribution is 0.0606. The molecule has 4 nitrogen and oxygen atoms in total. The van der Waals surface area contributed by atoms with E-state index in [-0.39, 0.29) is 0 Å². The van der Waals surface area contributed by atoms with E-state index in [9.17, 15) is 0 Å². The fourth-order valence-electron chi connectivity index (χ4n) is 5.29. The summed E-state index contributed by atoms with van der Waals surface area (Å²) in [5, 5.41) is 0. The van der Waals surface area contributed by atoms with E-state index in [2.05, 4.69) is 102 Å². The Labute approximate surface area is 208 Å². The molecule has 34 heavy (non-hydrogen) atoms. The molecule has 2 atom stereocenters. The van der Waals surface area contributed by atoms with Crippen LogP contribution in [0.2, 0.25) is 0 Å². The molecule has 0 radical (unpaired) electrons. The average molecular weight is 467 g/mol. The van der Waals surface area contributed by atoms with Crippen molar-refractivity contribution in [1.82, 2.24) is 9.80 Å². The smallest absolute Gasteiger partial charge is 0.125 e. The summed E-state index contributed by atoms with van der Waals surface area (Å²) in [6.45, 7) is 14.6. The Morgan fingerprint density at radius 1 is 0.647 bits per heavy atom. The molecule has 0 spiro atoms. The van der Waals surface area contributed by atoms with E-state index in [4.69, 9.17) is 9.47 Å². The van der Waals surface area contributed by atoms with Crippen molar-refractivity contribution in [2.45, 2.75) is 91.4 Å². The zero-order valence-electron chi connectivity index (χ0n) is 22.7. The third-order valence-corrected chi connectivity index (χ3v) is 7.96. The SMILES string of the molecule is Cc1cccc(C)c1OCC(C)N(C)C1CCC(N(C)C(C)COc2c(C)cccc2C)CC1. The predicted molar refractivity (Wildman–Crippen MR) is 143 cm³/mol. The summed E-state index contributed by atoms with van der Waals surface area (Å²) in [5.74, 6) is 2.09. The van der Waals surface area contributed by atoms with Gasteiger partial charge in [0.05, 0.1) is 0 Å². The summed E-state index contributed by atoms with van der Waals surface area (Å²) >= 11 is 0. The van der Waals surface area contributed by atoms with Crippen molar-refractivity contribution in [2.75, 3.05) is 27.3 Å². The maximum Gasteiger partial charge on any atom is 0.125 e. The lowest BCUT2D eigenvalue weighted by Crippen LogP contribution is -2.48. The number of nitrogens with zero attached hydrogens (tertiary/aromatic N) is 2. The molecule has 1 saturated carbocycles. The number of hydrogen-bond donors (Lipinski definition) is 0. The Morgan fingerprint density at radius 2 is 0.941 bits per heavy atom. The van der Waals surface area contributed by atoms with Gasteiger partial charge >= 0.3 is 0 Å². The maximum atomic E-state index is 6.25. The number of ether oxygens (including phenoxy) is 2. The van der Waals surface area contributed by atoms with Crippen LogP contribution in [0.5, 0.6) is 11.5 Å². The highest BCUT2D eigenvalue weighted by molar-refractivity contribution is 5.40. The first kappa shape index (κ1) is 26.6. The van der Waals surface area contributed by atoms with Gasteiger partial charge in [-0.15, -0.1) is 0 Å². The van der Waals surface area contributed by atoms with Crippen molar-refractivity contribution in [1.29, 1.82) is 0 Å². The van der Waals surface area contributed by atoms with Crippen LogP contribution in [0.4, 0.5) is 0 Å². The van der Waals surface area contributed by atoms with Crippen LogP contribution in [0, 0.1) is 27.7 Å². The lowest BCUT2D eigenvalue weighted by Gasteiger charge is -2.41. The van der Waals surface area contributed by atoms with Crippen LogP contribution in [0.15, 0.2) is 36.4 Å². The first-order chi connectivity index (χ1) is 16.2. The van der Waals surface area contributed by atoms with Gasteiger partial charge in [0.25, 0.3) is 0 Å². The summed E-state index contributed by atoms with van der Waals surface area (Å²) in [6, 6.07) is 14.7. The molecule has 2 unspecified atom stereocenters. The van der Waals surface area contributed by atoms with Gasteiger partial charge in [-0.25, -0.2) is 0 Å². The first-order valence-corrected chi connectivity index (χ1v) is 13.0. The Balaban J connectivity index is 1.45. The molecule has 0 amide bonds. The number of benzene rings is 2. The molecule has 0 aliphatic heterocycles. The summed E-state index contributed by atoms with van der Waals surface area (Å²) in [5.41, 5.74) is 4.87. The van der Waals surface area contributed by atoms with Crippen LogP contribution in [-0.4, -0.2) is 61.3 Å². The van der Waals surface area contributed by atoms with Gasteiger partial charge in [-0.05, 0) is 104 Å². The minimum atomic E-state index is 0.392. The van der Waals surface area contributed by atoms with E-state index in [1.54, 1.807) is 0 Å². The molecular weight excluding hydrogens is 420 g/mol. The van der Waals surface area contributed by atoms with E-state index in [1.807, 2.05) is 0 Å². The Morgan fingerprint density at radius 3 is 1.24 bits per heavy atom. The number of aryl methyl sites for hydroxylation is 4. The lowest BCUT2D eigenvalue weighted by atomic mass is 9.88. The van der Waals surface area contributed by atoms with Crippen LogP contribution in [0.3, 0.4) is 0 Å². The Hall–Kier alpha value is -2.04. The first-order valence-electron chi connectivity index (χ1n) is 13.0. The number of hydrogen-bond acceptors (Lipinski definition) is 4. The highest BCUT2D eigenvalue weighted by Crippen LogP contribution is 2.29. The molecule has 188 valence electrons. The molecule has 0 saturated heterocycles. The van der Waals surface area contributed by atoms with E-state index < -0.39 is 0 Å². The molecular formula is C30H46N2O2. The van der Waals surface area contributed by atoms with Crippen molar-refractivity contribution in [2.24, 2.45) is 0 Å². The third-order valence-electron chi connectivity index (χ3n) is 7.96. The molecule has 2 aromatic rings. The Bertz CT molecular complexity index is 804. The van der Waals surface area contributed by atoms with Gasteiger partial charge in [-0.3, -0.25) is 9.80 Å². The van der Waals surface area contributed by atoms with Crippen molar-refractivity contribution in [3.8, 4) is 11.5 Å². The minimum absolute atomic E-state index is 0.392. The fraction of sp³-hybridized carbons (Fsp3) is 0.600. The van der Waals surface area contributed by atoms with Gasteiger partial charge in [-0.2, -0.15) is 0 Å². The van der Waals surface area contributed by atoms with Gasteiger partial charge in [0.2, 0.25) is 0 Å². The summed E-state index contributed by atoms with van der Waals surface area (Å²) in [4.78, 5) is 5.08. The third kappa shape index (κ3) is 6.55. The zero-order valence-corrected chi connectivity index (χ0v) is 22.7. The standard InChI is InChI=1S/C30H46N2O2/c1-21-11-9-12-22(2)29(21)33-19-25(5)31(7)27-15-17-28(18-16-27)32(8)26(6)20-34-30-23(3)13-10-14-24(30)4/h9-14,25-28H,15-20H2,1-8H3. The molecule has 1 aliphatic rings. The van der Waals surface area contributed by atoms with Crippen LogP contribution in [-0.2, 0) is 0 Å². The minimum Gasteiger partial charge on any atom is -0.491 e. The fourth-order valence-corrected chi connectivity index (χ4v) is 5.29. The van der Waals surface area contributed by atoms with E-state index in [0.29, 0.717) is 24.2 Å². The second-order valence-electron chi connectivity index (χ2n) is 10.6. The summed E-state index contributed by atoms with van der Waals surface area (Å²) in [6.07, 6.45) is 4.96. The van der Waals surface area contributed by atoms with Crippen molar-refractivity contribution >= 4 is 0 Å². The topological polar surface area (TPSA) is 24.9 Å². The zero-order chi connectivity index (χ0) is 24.8. The van der Waals surface area contributed by atoms with Gasteiger partial charge < -0.3 is 9.47 Å². The maximum absolute atomic E-state index is 6.25. The van der Waals surface area contributed by atoms with Gasteiger partial charge in [0.1, 0.15) is 24.7 Å². The van der Waals surface area contributed by atoms with Gasteiger partial charge in [0.15, 0.2) is 0 Å². The molecule has 3 rings (SSSR count). The van der Waals surface area contributed by atoms with E-state index >= 15 is 0 Å². The molecule has 0 aromatic heterocycles. The second-order valence-corrected chi connectivity index (χ2v) is 10.6. The van der Waals surface area contributed by atoms with Crippen LogP contribution in [0.25, 0.3) is 0 Å². The molecule has 0 heterocycles. The monoisotopic (exact) mass is 466 g/mol. The highest BCUT2D eigenvalue weighted by atomic mass is 16.5. The van der Waals surface area contributed by atoms with Crippen LogP contribution in [0.1, 0.15) is 61.8 Å².